The molecule has 0 aromatic carbocycles. The third-order valence-corrected chi connectivity index (χ3v) is 3.89. The summed E-state index contributed by atoms with van der Waals surface area (Å²) >= 11 is 3.05. The van der Waals surface area contributed by atoms with Gasteiger partial charge in [-0.2, -0.15) is 0 Å². The lowest BCUT2D eigenvalue weighted by atomic mass is 10.1. The largest absolute Gasteiger partial charge is 0.389 e. The van der Waals surface area contributed by atoms with Crippen LogP contribution in [0.5, 0.6) is 0 Å². The van der Waals surface area contributed by atoms with Gasteiger partial charge in [-0.15, -0.1) is 10.2 Å². The van der Waals surface area contributed by atoms with E-state index in [-0.39, 0.29) is 5.25 Å². The molecule has 0 aliphatic heterocycles. The first-order chi connectivity index (χ1) is 5.50. The fourth-order valence-electron chi connectivity index (χ4n) is 0.510. The van der Waals surface area contributed by atoms with Gasteiger partial charge in [0.05, 0.1) is 5.60 Å². The molecule has 1 heterocycles. The molecule has 1 aromatic rings. The molecule has 1 aromatic heterocycles. The van der Waals surface area contributed by atoms with Gasteiger partial charge in [0, 0.05) is 5.25 Å². The van der Waals surface area contributed by atoms with Gasteiger partial charge in [-0.3, -0.25) is 0 Å². The molecule has 0 aliphatic rings. The van der Waals surface area contributed by atoms with Gasteiger partial charge in [0.25, 0.3) is 0 Å². The van der Waals surface area contributed by atoms with Gasteiger partial charge in [0.15, 0.2) is 4.34 Å². The first-order valence-corrected chi connectivity index (χ1v) is 5.41. The van der Waals surface area contributed by atoms with Crippen LogP contribution in [-0.2, 0) is 0 Å². The van der Waals surface area contributed by atoms with E-state index in [4.69, 9.17) is 0 Å². The number of nitrogens with zero attached hydrogens (tertiary/aromatic N) is 2. The summed E-state index contributed by atoms with van der Waals surface area (Å²) in [6, 6.07) is 0. The van der Waals surface area contributed by atoms with E-state index in [9.17, 15) is 5.11 Å². The Balaban J connectivity index is 2.53. The van der Waals surface area contributed by atoms with Gasteiger partial charge >= 0.3 is 0 Å². The molecule has 1 rings (SSSR count). The Bertz CT molecular complexity index is 230. The predicted octanol–water partition coefficient (Wildman–Crippen LogP) is 1.79. The lowest BCUT2D eigenvalue weighted by Gasteiger charge is -2.23. The van der Waals surface area contributed by atoms with Crippen LogP contribution in [0.25, 0.3) is 0 Å². The highest BCUT2D eigenvalue weighted by Gasteiger charge is 2.24. The first kappa shape index (κ1) is 9.95. The molecule has 0 fully saturated rings. The van der Waals surface area contributed by atoms with E-state index in [1.807, 2.05) is 6.92 Å². The second kappa shape index (κ2) is 3.72. The molecule has 1 N–H and O–H groups in total. The van der Waals surface area contributed by atoms with Crippen molar-refractivity contribution in [3.63, 3.8) is 0 Å². The summed E-state index contributed by atoms with van der Waals surface area (Å²) in [6.07, 6.45) is 0. The molecule has 0 aliphatic carbocycles. The van der Waals surface area contributed by atoms with Gasteiger partial charge in [-0.05, 0) is 13.8 Å². The Morgan fingerprint density at radius 1 is 1.67 bits per heavy atom. The molecule has 68 valence electrons. The average molecular weight is 204 g/mol. The summed E-state index contributed by atoms with van der Waals surface area (Å²) < 4.78 is 0.907. The van der Waals surface area contributed by atoms with Gasteiger partial charge in [-0.1, -0.05) is 30.0 Å². The van der Waals surface area contributed by atoms with Gasteiger partial charge in [-0.25, -0.2) is 0 Å². The molecule has 0 amide bonds. The molecule has 0 bridgehead atoms. The monoisotopic (exact) mass is 204 g/mol. The minimum Gasteiger partial charge on any atom is -0.389 e. The highest BCUT2D eigenvalue weighted by molar-refractivity contribution is 8.01. The molecule has 5 heteroatoms. The van der Waals surface area contributed by atoms with Crippen LogP contribution in [0, 0.1) is 0 Å². The van der Waals surface area contributed by atoms with Crippen LogP contribution in [0.2, 0.25) is 0 Å². The smallest absolute Gasteiger partial charge is 0.174 e. The van der Waals surface area contributed by atoms with E-state index in [0.29, 0.717) is 0 Å². The van der Waals surface area contributed by atoms with E-state index in [0.717, 1.165) is 4.34 Å². The molecule has 0 saturated carbocycles. The molecule has 1 unspecified atom stereocenters. The van der Waals surface area contributed by atoms with Crippen LogP contribution in [-0.4, -0.2) is 26.2 Å². The highest BCUT2D eigenvalue weighted by Crippen LogP contribution is 2.30. The summed E-state index contributed by atoms with van der Waals surface area (Å²) in [4.78, 5) is 0. The Hall–Kier alpha value is -0.130. The van der Waals surface area contributed by atoms with Crippen molar-refractivity contribution in [1.29, 1.82) is 0 Å². The third-order valence-electron chi connectivity index (χ3n) is 1.61. The minimum absolute atomic E-state index is 0.130. The summed E-state index contributed by atoms with van der Waals surface area (Å²) in [5, 5.41) is 17.4. The van der Waals surface area contributed by atoms with E-state index in [1.54, 1.807) is 31.1 Å². The summed E-state index contributed by atoms with van der Waals surface area (Å²) in [6.45, 7) is 5.57. The first-order valence-electron chi connectivity index (χ1n) is 3.65. The maximum Gasteiger partial charge on any atom is 0.174 e. The number of rotatable bonds is 3. The number of hydrogen-bond donors (Lipinski definition) is 1. The standard InChI is InChI=1S/C7H12N2OS2/c1-5(7(2,3)10)12-6-9-8-4-11-6/h4-5,10H,1-3H3. The van der Waals surface area contributed by atoms with Crippen molar-refractivity contribution in [3.05, 3.63) is 5.51 Å². The van der Waals surface area contributed by atoms with Crippen LogP contribution in [0.15, 0.2) is 9.85 Å². The second-order valence-electron chi connectivity index (χ2n) is 3.12. The normalized spacial score (nSPS) is 14.7. The molecule has 1 atom stereocenters. The van der Waals surface area contributed by atoms with Crippen molar-refractivity contribution in [1.82, 2.24) is 10.2 Å². The van der Waals surface area contributed by atoms with Gasteiger partial charge in [0.1, 0.15) is 5.51 Å². The van der Waals surface area contributed by atoms with Crippen LogP contribution >= 0.6 is 23.1 Å². The number of aliphatic hydroxyl groups is 1. The summed E-state index contributed by atoms with van der Waals surface area (Å²) in [7, 11) is 0. The van der Waals surface area contributed by atoms with Gasteiger partial charge < -0.3 is 5.11 Å². The maximum absolute atomic E-state index is 9.62. The van der Waals surface area contributed by atoms with Crippen LogP contribution in [0.4, 0.5) is 0 Å². The Kier molecular flexibility index (Phi) is 3.09. The van der Waals surface area contributed by atoms with Crippen molar-refractivity contribution in [2.45, 2.75) is 36.0 Å². The Labute approximate surface area is 80.2 Å². The van der Waals surface area contributed by atoms with Crippen molar-refractivity contribution >= 4 is 23.1 Å². The summed E-state index contributed by atoms with van der Waals surface area (Å²) in [5.41, 5.74) is 1.02. The van der Waals surface area contributed by atoms with Crippen molar-refractivity contribution < 1.29 is 5.11 Å². The molecule has 0 spiro atoms. The number of hydrogen-bond acceptors (Lipinski definition) is 5. The quantitative estimate of drug-likeness (QED) is 0.762. The second-order valence-corrected chi connectivity index (χ2v) is 5.54. The zero-order chi connectivity index (χ0) is 9.19. The number of aromatic nitrogens is 2. The predicted molar refractivity (Wildman–Crippen MR) is 51.5 cm³/mol. The molecule has 12 heavy (non-hydrogen) atoms. The zero-order valence-electron chi connectivity index (χ0n) is 7.31. The highest BCUT2D eigenvalue weighted by atomic mass is 32.2. The zero-order valence-corrected chi connectivity index (χ0v) is 8.95. The maximum atomic E-state index is 9.62. The number of thioether (sulfide) groups is 1. The molecule has 0 radical (unpaired) electrons. The van der Waals surface area contributed by atoms with Crippen molar-refractivity contribution in [2.75, 3.05) is 0 Å². The molecule has 3 nitrogen and oxygen atoms in total. The molecular formula is C7H12N2OS2. The fourth-order valence-corrected chi connectivity index (χ4v) is 2.26. The molecule has 0 saturated heterocycles. The lowest BCUT2D eigenvalue weighted by molar-refractivity contribution is 0.0824. The Morgan fingerprint density at radius 2 is 2.33 bits per heavy atom. The topological polar surface area (TPSA) is 46.0 Å². The average Bonchev–Trinajstić information content (AvgIpc) is 2.37. The minimum atomic E-state index is -0.670. The SMILES string of the molecule is CC(Sc1nncs1)C(C)(C)O. The van der Waals surface area contributed by atoms with Crippen molar-refractivity contribution in [3.8, 4) is 0 Å². The fraction of sp³-hybridized carbons (Fsp3) is 0.714. The van der Waals surface area contributed by atoms with Gasteiger partial charge in [0.2, 0.25) is 0 Å². The van der Waals surface area contributed by atoms with Crippen LogP contribution in [0.1, 0.15) is 20.8 Å². The van der Waals surface area contributed by atoms with E-state index >= 15 is 0 Å². The van der Waals surface area contributed by atoms with Crippen molar-refractivity contribution in [2.24, 2.45) is 0 Å². The van der Waals surface area contributed by atoms with Crippen LogP contribution < -0.4 is 0 Å². The Morgan fingerprint density at radius 3 is 2.75 bits per heavy atom. The molecular weight excluding hydrogens is 192 g/mol. The third kappa shape index (κ3) is 2.73. The van der Waals surface area contributed by atoms with E-state index < -0.39 is 5.60 Å². The summed E-state index contributed by atoms with van der Waals surface area (Å²) in [5.74, 6) is 0. The van der Waals surface area contributed by atoms with Crippen LogP contribution in [0.3, 0.4) is 0 Å². The lowest BCUT2D eigenvalue weighted by Crippen LogP contribution is -2.30. The van der Waals surface area contributed by atoms with E-state index in [1.165, 1.54) is 11.3 Å². The van der Waals surface area contributed by atoms with E-state index in [2.05, 4.69) is 10.2 Å².